The molecule has 0 radical (unpaired) electrons. The van der Waals surface area contributed by atoms with Crippen molar-refractivity contribution in [1.29, 1.82) is 0 Å². The second-order valence-electron chi connectivity index (χ2n) is 6.35. The lowest BCUT2D eigenvalue weighted by Gasteiger charge is -2.22. The number of hydrogen-bond donors (Lipinski definition) is 1. The maximum absolute atomic E-state index is 12.9. The molecule has 1 N–H and O–H groups in total. The number of carbonyl (C=O) groups excluding carboxylic acids is 1. The molecule has 0 bridgehead atoms. The number of nitrogens with one attached hydrogen (secondary N) is 1. The van der Waals surface area contributed by atoms with E-state index in [1.54, 1.807) is 0 Å². The van der Waals surface area contributed by atoms with E-state index in [0.717, 1.165) is 45.6 Å². The van der Waals surface area contributed by atoms with Crippen molar-refractivity contribution in [3.63, 3.8) is 0 Å². The third kappa shape index (κ3) is 2.67. The lowest BCUT2D eigenvalue weighted by atomic mass is 9.94. The van der Waals surface area contributed by atoms with Crippen LogP contribution in [-0.2, 0) is 10.2 Å². The number of carbonyl (C=O) groups is 1. The number of anilines is 1. The van der Waals surface area contributed by atoms with Crippen LogP contribution >= 0.6 is 15.9 Å². The third-order valence-corrected chi connectivity index (χ3v) is 5.21. The molecular weight excluding hydrogens is 370 g/mol. The van der Waals surface area contributed by atoms with Crippen molar-refractivity contribution < 1.29 is 14.3 Å². The molecule has 2 aliphatic rings. The van der Waals surface area contributed by atoms with Crippen molar-refractivity contribution in [2.75, 3.05) is 18.5 Å². The molecule has 5 heteroatoms. The van der Waals surface area contributed by atoms with E-state index in [0.29, 0.717) is 13.2 Å². The average Bonchev–Trinajstić information content (AvgIpc) is 3.39. The van der Waals surface area contributed by atoms with Gasteiger partial charge >= 0.3 is 0 Å². The summed E-state index contributed by atoms with van der Waals surface area (Å²) in [6.45, 7) is 3.11. The van der Waals surface area contributed by atoms with Crippen LogP contribution in [0, 0.1) is 6.92 Å². The van der Waals surface area contributed by atoms with Crippen molar-refractivity contribution >= 4 is 27.5 Å². The predicted octanol–water partition coefficient (Wildman–Crippen LogP) is 4.20. The lowest BCUT2D eigenvalue weighted by molar-refractivity contribution is -0.118. The monoisotopic (exact) mass is 387 g/mol. The number of halogens is 1. The van der Waals surface area contributed by atoms with E-state index in [4.69, 9.17) is 9.47 Å². The number of amides is 1. The summed E-state index contributed by atoms with van der Waals surface area (Å²) in [7, 11) is 0. The Bertz CT molecular complexity index is 814. The molecule has 4 nitrogen and oxygen atoms in total. The van der Waals surface area contributed by atoms with E-state index in [2.05, 4.69) is 21.2 Å². The molecule has 24 heavy (non-hydrogen) atoms. The van der Waals surface area contributed by atoms with Gasteiger partial charge in [0.15, 0.2) is 11.5 Å². The molecule has 4 rings (SSSR count). The Morgan fingerprint density at radius 2 is 1.83 bits per heavy atom. The highest BCUT2D eigenvalue weighted by atomic mass is 79.9. The molecule has 1 heterocycles. The zero-order valence-corrected chi connectivity index (χ0v) is 15.0. The molecular formula is C19H18BrNO3. The van der Waals surface area contributed by atoms with Gasteiger partial charge in [0.2, 0.25) is 5.91 Å². The SMILES string of the molecule is Cc1cc(Br)ccc1NC(=O)C1(c2ccc3c(c2)OCCO3)CC1. The zero-order chi connectivity index (χ0) is 16.7. The van der Waals surface area contributed by atoms with Crippen LogP contribution < -0.4 is 14.8 Å². The first-order chi connectivity index (χ1) is 11.6. The van der Waals surface area contributed by atoms with Gasteiger partial charge in [0.25, 0.3) is 0 Å². The number of aryl methyl sites for hydroxylation is 1. The van der Waals surface area contributed by atoms with Crippen LogP contribution in [0.1, 0.15) is 24.0 Å². The summed E-state index contributed by atoms with van der Waals surface area (Å²) in [4.78, 5) is 12.9. The van der Waals surface area contributed by atoms with E-state index in [1.165, 1.54) is 0 Å². The third-order valence-electron chi connectivity index (χ3n) is 4.72. The quantitative estimate of drug-likeness (QED) is 0.858. The molecule has 0 aromatic heterocycles. The fourth-order valence-electron chi connectivity index (χ4n) is 3.12. The Balaban J connectivity index is 1.59. The van der Waals surface area contributed by atoms with Crippen LogP contribution in [0.2, 0.25) is 0 Å². The van der Waals surface area contributed by atoms with Gasteiger partial charge in [0.05, 0.1) is 5.41 Å². The summed E-state index contributed by atoms with van der Waals surface area (Å²) < 4.78 is 12.2. The number of hydrogen-bond acceptors (Lipinski definition) is 3. The van der Waals surface area contributed by atoms with Gasteiger partial charge < -0.3 is 14.8 Å². The summed E-state index contributed by atoms with van der Waals surface area (Å²) in [6, 6.07) is 11.7. The summed E-state index contributed by atoms with van der Waals surface area (Å²) in [5.74, 6) is 1.53. The summed E-state index contributed by atoms with van der Waals surface area (Å²) in [5, 5.41) is 3.09. The Morgan fingerprint density at radius 3 is 2.54 bits per heavy atom. The first-order valence-corrected chi connectivity index (χ1v) is 8.85. The van der Waals surface area contributed by atoms with Crippen LogP contribution in [0.5, 0.6) is 11.5 Å². The van der Waals surface area contributed by atoms with Gasteiger partial charge in [-0.25, -0.2) is 0 Å². The highest BCUT2D eigenvalue weighted by Crippen LogP contribution is 2.51. The fourth-order valence-corrected chi connectivity index (χ4v) is 3.60. The standard InChI is InChI=1S/C19H18BrNO3/c1-12-10-14(20)3-4-15(12)21-18(22)19(6-7-19)13-2-5-16-17(11-13)24-9-8-23-16/h2-5,10-11H,6-9H2,1H3,(H,21,22). The predicted molar refractivity (Wildman–Crippen MR) is 95.9 cm³/mol. The van der Waals surface area contributed by atoms with Crippen molar-refractivity contribution in [1.82, 2.24) is 0 Å². The molecule has 1 saturated carbocycles. The fraction of sp³-hybridized carbons (Fsp3) is 0.316. The second kappa shape index (κ2) is 5.81. The molecule has 0 spiro atoms. The summed E-state index contributed by atoms with van der Waals surface area (Å²) in [5.41, 5.74) is 2.44. The van der Waals surface area contributed by atoms with E-state index in [-0.39, 0.29) is 5.91 Å². The van der Waals surface area contributed by atoms with Crippen LogP contribution in [-0.4, -0.2) is 19.1 Å². The molecule has 2 aromatic rings. The van der Waals surface area contributed by atoms with Gasteiger partial charge in [0.1, 0.15) is 13.2 Å². The molecule has 1 aliphatic heterocycles. The molecule has 2 aromatic carbocycles. The zero-order valence-electron chi connectivity index (χ0n) is 13.4. The van der Waals surface area contributed by atoms with Crippen molar-refractivity contribution in [3.05, 3.63) is 52.0 Å². The van der Waals surface area contributed by atoms with Gasteiger partial charge in [-0.1, -0.05) is 22.0 Å². The van der Waals surface area contributed by atoms with Gasteiger partial charge in [0, 0.05) is 10.2 Å². The number of ether oxygens (including phenoxy) is 2. The molecule has 0 saturated heterocycles. The Morgan fingerprint density at radius 1 is 1.08 bits per heavy atom. The van der Waals surface area contributed by atoms with E-state index < -0.39 is 5.41 Å². The van der Waals surface area contributed by atoms with Gasteiger partial charge in [-0.15, -0.1) is 0 Å². The van der Waals surface area contributed by atoms with Crippen molar-refractivity contribution in [2.24, 2.45) is 0 Å². The maximum Gasteiger partial charge on any atom is 0.235 e. The van der Waals surface area contributed by atoms with Gasteiger partial charge in [-0.3, -0.25) is 4.79 Å². The minimum Gasteiger partial charge on any atom is -0.486 e. The highest BCUT2D eigenvalue weighted by Gasteiger charge is 2.51. The van der Waals surface area contributed by atoms with Crippen LogP contribution in [0.3, 0.4) is 0 Å². The van der Waals surface area contributed by atoms with Gasteiger partial charge in [-0.05, 0) is 61.2 Å². The topological polar surface area (TPSA) is 47.6 Å². The first-order valence-electron chi connectivity index (χ1n) is 8.06. The molecule has 1 fully saturated rings. The number of rotatable bonds is 3. The number of fused-ring (bicyclic) bond motifs is 1. The average molecular weight is 388 g/mol. The van der Waals surface area contributed by atoms with Gasteiger partial charge in [-0.2, -0.15) is 0 Å². The minimum atomic E-state index is -0.449. The Hall–Kier alpha value is -2.01. The molecule has 1 aliphatic carbocycles. The normalized spacial score (nSPS) is 17.2. The molecule has 0 unspecified atom stereocenters. The summed E-state index contributed by atoms with van der Waals surface area (Å²) >= 11 is 3.45. The maximum atomic E-state index is 12.9. The smallest absolute Gasteiger partial charge is 0.235 e. The van der Waals surface area contributed by atoms with Crippen LogP contribution in [0.25, 0.3) is 0 Å². The van der Waals surface area contributed by atoms with E-state index >= 15 is 0 Å². The van der Waals surface area contributed by atoms with Crippen LogP contribution in [0.4, 0.5) is 5.69 Å². The Labute approximate surface area is 149 Å². The van der Waals surface area contributed by atoms with E-state index in [9.17, 15) is 4.79 Å². The first kappa shape index (κ1) is 15.5. The molecule has 1 amide bonds. The van der Waals surface area contributed by atoms with Crippen LogP contribution in [0.15, 0.2) is 40.9 Å². The lowest BCUT2D eigenvalue weighted by Crippen LogP contribution is -2.28. The largest absolute Gasteiger partial charge is 0.486 e. The molecule has 124 valence electrons. The minimum absolute atomic E-state index is 0.0459. The Kier molecular flexibility index (Phi) is 3.76. The van der Waals surface area contributed by atoms with Crippen molar-refractivity contribution in [2.45, 2.75) is 25.2 Å². The molecule has 0 atom stereocenters. The van der Waals surface area contributed by atoms with Crippen molar-refractivity contribution in [3.8, 4) is 11.5 Å². The summed E-state index contributed by atoms with van der Waals surface area (Å²) in [6.07, 6.45) is 1.71. The number of benzene rings is 2. The highest BCUT2D eigenvalue weighted by molar-refractivity contribution is 9.10. The second-order valence-corrected chi connectivity index (χ2v) is 7.27. The van der Waals surface area contributed by atoms with E-state index in [1.807, 2.05) is 43.3 Å².